The second-order valence-corrected chi connectivity index (χ2v) is 5.12. The SMILES string of the molecule is CCN(CC)c1nc(NN)nc(OCCN(C)C2CC2)n1. The predicted molar refractivity (Wildman–Crippen MR) is 82.3 cm³/mol. The maximum absolute atomic E-state index is 5.65. The van der Waals surface area contributed by atoms with Gasteiger partial charge >= 0.3 is 6.01 Å². The molecule has 0 bridgehead atoms. The lowest BCUT2D eigenvalue weighted by molar-refractivity contribution is 0.220. The van der Waals surface area contributed by atoms with Gasteiger partial charge in [0.15, 0.2) is 0 Å². The summed E-state index contributed by atoms with van der Waals surface area (Å²) in [6, 6.07) is 1.03. The molecule has 3 N–H and O–H groups in total. The van der Waals surface area contributed by atoms with E-state index in [1.807, 2.05) is 18.7 Å². The van der Waals surface area contributed by atoms with Crippen LogP contribution in [0.5, 0.6) is 6.01 Å². The van der Waals surface area contributed by atoms with Crippen molar-refractivity contribution >= 4 is 11.9 Å². The first kappa shape index (κ1) is 15.7. The molecule has 0 amide bonds. The zero-order valence-electron chi connectivity index (χ0n) is 13.0. The molecule has 1 aromatic rings. The summed E-state index contributed by atoms with van der Waals surface area (Å²) in [5.74, 6) is 6.30. The van der Waals surface area contributed by atoms with E-state index in [-0.39, 0.29) is 0 Å². The normalized spacial score (nSPS) is 14.3. The smallest absolute Gasteiger partial charge is 0.323 e. The minimum absolute atomic E-state index is 0.309. The number of likely N-dealkylation sites (N-methyl/N-ethyl adjacent to an activating group) is 1. The van der Waals surface area contributed by atoms with E-state index in [0.29, 0.717) is 24.5 Å². The van der Waals surface area contributed by atoms with Crippen LogP contribution >= 0.6 is 0 Å². The van der Waals surface area contributed by atoms with Gasteiger partial charge in [0.1, 0.15) is 6.61 Å². The van der Waals surface area contributed by atoms with Crippen molar-refractivity contribution in [3.63, 3.8) is 0 Å². The molecule has 8 heteroatoms. The molecule has 1 aliphatic carbocycles. The van der Waals surface area contributed by atoms with E-state index in [0.717, 1.165) is 25.7 Å². The molecule has 118 valence electrons. The maximum Gasteiger partial charge on any atom is 0.323 e. The number of hydrogen-bond acceptors (Lipinski definition) is 8. The Hall–Kier alpha value is -1.67. The fourth-order valence-corrected chi connectivity index (χ4v) is 2.10. The molecule has 1 aromatic heterocycles. The summed E-state index contributed by atoms with van der Waals surface area (Å²) in [5.41, 5.74) is 2.46. The van der Waals surface area contributed by atoms with E-state index < -0.39 is 0 Å². The van der Waals surface area contributed by atoms with Crippen molar-refractivity contribution in [1.82, 2.24) is 19.9 Å². The Bertz CT molecular complexity index is 448. The van der Waals surface area contributed by atoms with E-state index in [9.17, 15) is 0 Å². The number of nitrogens with one attached hydrogen (secondary N) is 1. The third kappa shape index (κ3) is 4.40. The van der Waals surface area contributed by atoms with Crippen molar-refractivity contribution in [3.8, 4) is 6.01 Å². The highest BCUT2D eigenvalue weighted by Gasteiger charge is 2.25. The van der Waals surface area contributed by atoms with Crippen molar-refractivity contribution in [3.05, 3.63) is 0 Å². The lowest BCUT2D eigenvalue weighted by atomic mass is 10.5. The Morgan fingerprint density at radius 3 is 2.52 bits per heavy atom. The Morgan fingerprint density at radius 2 is 1.95 bits per heavy atom. The molecule has 0 aliphatic heterocycles. The van der Waals surface area contributed by atoms with Crippen LogP contribution in [0.25, 0.3) is 0 Å². The lowest BCUT2D eigenvalue weighted by Crippen LogP contribution is -2.28. The molecule has 1 aliphatic rings. The number of ether oxygens (including phenoxy) is 1. The average Bonchev–Trinajstić information content (AvgIpc) is 3.33. The molecule has 8 nitrogen and oxygen atoms in total. The number of nitrogens with zero attached hydrogens (tertiary/aromatic N) is 5. The number of rotatable bonds is 9. The van der Waals surface area contributed by atoms with Crippen LogP contribution in [0, 0.1) is 0 Å². The number of nitrogen functional groups attached to an aromatic ring is 1. The quantitative estimate of drug-likeness (QED) is 0.502. The number of nitrogens with two attached hydrogens (primary N) is 1. The molecule has 0 radical (unpaired) electrons. The number of anilines is 2. The zero-order valence-corrected chi connectivity index (χ0v) is 13.0. The van der Waals surface area contributed by atoms with Gasteiger partial charge in [-0.15, -0.1) is 0 Å². The third-order valence-corrected chi connectivity index (χ3v) is 3.62. The summed E-state index contributed by atoms with van der Waals surface area (Å²) in [5, 5.41) is 0. The molecule has 1 fully saturated rings. The van der Waals surface area contributed by atoms with Gasteiger partial charge in [-0.05, 0) is 33.7 Å². The highest BCUT2D eigenvalue weighted by molar-refractivity contribution is 5.37. The average molecular weight is 295 g/mol. The van der Waals surface area contributed by atoms with E-state index >= 15 is 0 Å². The molecule has 2 rings (SSSR count). The van der Waals surface area contributed by atoms with Crippen LogP contribution in [0.4, 0.5) is 11.9 Å². The van der Waals surface area contributed by atoms with Crippen LogP contribution in [-0.4, -0.2) is 59.2 Å². The molecule has 1 saturated carbocycles. The van der Waals surface area contributed by atoms with Gasteiger partial charge in [-0.2, -0.15) is 15.0 Å². The van der Waals surface area contributed by atoms with Crippen molar-refractivity contribution in [2.75, 3.05) is 43.6 Å². The number of aromatic nitrogens is 3. The molecule has 0 spiro atoms. The van der Waals surface area contributed by atoms with E-state index in [2.05, 4.69) is 32.3 Å². The number of hydrazine groups is 1. The zero-order chi connectivity index (χ0) is 15.2. The van der Waals surface area contributed by atoms with Gasteiger partial charge < -0.3 is 14.5 Å². The van der Waals surface area contributed by atoms with Crippen molar-refractivity contribution in [2.24, 2.45) is 5.84 Å². The van der Waals surface area contributed by atoms with Crippen LogP contribution in [0.15, 0.2) is 0 Å². The van der Waals surface area contributed by atoms with Gasteiger partial charge in [0.2, 0.25) is 11.9 Å². The Labute approximate surface area is 125 Å². The van der Waals surface area contributed by atoms with Crippen LogP contribution in [0.1, 0.15) is 26.7 Å². The molecule has 0 aromatic carbocycles. The monoisotopic (exact) mass is 295 g/mol. The first-order chi connectivity index (χ1) is 10.2. The van der Waals surface area contributed by atoms with Crippen LogP contribution in [-0.2, 0) is 0 Å². The summed E-state index contributed by atoms with van der Waals surface area (Å²) in [7, 11) is 2.11. The highest BCUT2D eigenvalue weighted by atomic mass is 16.5. The molecule has 0 unspecified atom stereocenters. The summed E-state index contributed by atoms with van der Waals surface area (Å²) >= 11 is 0. The van der Waals surface area contributed by atoms with Crippen LogP contribution in [0.3, 0.4) is 0 Å². The maximum atomic E-state index is 5.65. The lowest BCUT2D eigenvalue weighted by Gasteiger charge is -2.19. The van der Waals surface area contributed by atoms with Gasteiger partial charge in [-0.3, -0.25) is 5.43 Å². The first-order valence-electron chi connectivity index (χ1n) is 7.48. The van der Waals surface area contributed by atoms with Gasteiger partial charge in [-0.25, -0.2) is 5.84 Å². The van der Waals surface area contributed by atoms with Gasteiger partial charge in [-0.1, -0.05) is 0 Å². The van der Waals surface area contributed by atoms with Crippen molar-refractivity contribution < 1.29 is 4.74 Å². The molecular weight excluding hydrogens is 270 g/mol. The molecule has 0 atom stereocenters. The summed E-state index contributed by atoms with van der Waals surface area (Å²) in [6.45, 7) is 7.14. The summed E-state index contributed by atoms with van der Waals surface area (Å²) in [4.78, 5) is 17.1. The Morgan fingerprint density at radius 1 is 1.24 bits per heavy atom. The second kappa shape index (κ2) is 7.37. The van der Waals surface area contributed by atoms with E-state index in [1.54, 1.807) is 0 Å². The van der Waals surface area contributed by atoms with Gasteiger partial charge in [0.05, 0.1) is 0 Å². The van der Waals surface area contributed by atoms with Crippen molar-refractivity contribution in [1.29, 1.82) is 0 Å². The third-order valence-electron chi connectivity index (χ3n) is 3.62. The Balaban J connectivity index is 1.98. The van der Waals surface area contributed by atoms with Gasteiger partial charge in [0.25, 0.3) is 0 Å². The van der Waals surface area contributed by atoms with Crippen LogP contribution < -0.4 is 20.9 Å². The summed E-state index contributed by atoms with van der Waals surface area (Å²) < 4.78 is 5.65. The van der Waals surface area contributed by atoms with E-state index in [4.69, 9.17) is 10.6 Å². The molecular formula is C13H25N7O. The second-order valence-electron chi connectivity index (χ2n) is 5.12. The number of hydrogen-bond donors (Lipinski definition) is 2. The minimum Gasteiger partial charge on any atom is -0.462 e. The fourth-order valence-electron chi connectivity index (χ4n) is 2.10. The van der Waals surface area contributed by atoms with Gasteiger partial charge in [0, 0.05) is 25.7 Å². The molecule has 0 saturated heterocycles. The predicted octanol–water partition coefficient (Wildman–Crippen LogP) is 0.476. The largest absolute Gasteiger partial charge is 0.462 e. The topological polar surface area (TPSA) is 92.4 Å². The highest BCUT2D eigenvalue weighted by Crippen LogP contribution is 2.24. The molecule has 21 heavy (non-hydrogen) atoms. The summed E-state index contributed by atoms with van der Waals surface area (Å²) in [6.07, 6.45) is 2.57. The van der Waals surface area contributed by atoms with Crippen molar-refractivity contribution in [2.45, 2.75) is 32.7 Å². The van der Waals surface area contributed by atoms with E-state index in [1.165, 1.54) is 12.8 Å². The fraction of sp³-hybridized carbons (Fsp3) is 0.769. The first-order valence-corrected chi connectivity index (χ1v) is 7.48. The minimum atomic E-state index is 0.309. The standard InChI is InChI=1S/C13H25N7O/c1-4-20(5-2)12-15-11(18-14)16-13(17-12)21-9-8-19(3)10-6-7-10/h10H,4-9,14H2,1-3H3,(H,15,16,17,18). The Kier molecular flexibility index (Phi) is 5.51. The van der Waals surface area contributed by atoms with Crippen LogP contribution in [0.2, 0.25) is 0 Å². The molecule has 1 heterocycles.